The summed E-state index contributed by atoms with van der Waals surface area (Å²) in [4.78, 5) is 18.1. The summed E-state index contributed by atoms with van der Waals surface area (Å²) in [5, 5.41) is 10.8. The predicted octanol–water partition coefficient (Wildman–Crippen LogP) is 3.85. The second kappa shape index (κ2) is 5.25. The molecule has 2 aromatic rings. The molecule has 1 heterocycles. The quantitative estimate of drug-likeness (QED) is 0.487. The summed E-state index contributed by atoms with van der Waals surface area (Å²) in [6.07, 6.45) is 2.01. The summed E-state index contributed by atoms with van der Waals surface area (Å²) < 4.78 is 18.9. The first-order valence-corrected chi connectivity index (χ1v) is 6.57. The van der Waals surface area contributed by atoms with Crippen molar-refractivity contribution in [3.8, 4) is 11.6 Å². The molecule has 3 rings (SSSR count). The monoisotopic (exact) mass is 309 g/mol. The Bertz CT molecular complexity index is 722. The topological polar surface area (TPSA) is 78.2 Å². The van der Waals surface area contributed by atoms with Gasteiger partial charge in [0.25, 0.3) is 0 Å². The van der Waals surface area contributed by atoms with Crippen molar-refractivity contribution in [3.05, 3.63) is 51.2 Å². The van der Waals surface area contributed by atoms with Gasteiger partial charge in [-0.05, 0) is 18.9 Å². The van der Waals surface area contributed by atoms with E-state index in [1.807, 2.05) is 0 Å². The zero-order chi connectivity index (χ0) is 15.0. The molecule has 1 aliphatic carbocycles. The van der Waals surface area contributed by atoms with Gasteiger partial charge in [-0.15, -0.1) is 0 Å². The van der Waals surface area contributed by atoms with Crippen LogP contribution in [0.3, 0.4) is 0 Å². The third kappa shape index (κ3) is 3.08. The number of halogens is 2. The van der Waals surface area contributed by atoms with Crippen LogP contribution in [0.4, 0.5) is 10.1 Å². The van der Waals surface area contributed by atoms with Gasteiger partial charge in [0.1, 0.15) is 16.7 Å². The molecule has 0 radical (unpaired) electrons. The molecule has 0 unspecified atom stereocenters. The molecule has 0 N–H and O–H groups in total. The van der Waals surface area contributed by atoms with Gasteiger partial charge in [-0.25, -0.2) is 4.98 Å². The van der Waals surface area contributed by atoms with Crippen LogP contribution < -0.4 is 4.74 Å². The third-order valence-corrected chi connectivity index (χ3v) is 3.16. The SMILES string of the molecule is O=[N+]([O-])c1ccc(Oc2cc(Cl)nc(C3CC3)n2)cc1F. The fraction of sp³-hybridized carbons (Fsp3) is 0.231. The Labute approximate surface area is 123 Å². The van der Waals surface area contributed by atoms with Gasteiger partial charge in [-0.3, -0.25) is 10.1 Å². The normalized spacial score (nSPS) is 14.0. The largest absolute Gasteiger partial charge is 0.439 e. The molecule has 0 atom stereocenters. The Morgan fingerprint density at radius 1 is 1.33 bits per heavy atom. The highest BCUT2D eigenvalue weighted by Gasteiger charge is 2.27. The predicted molar refractivity (Wildman–Crippen MR) is 72.1 cm³/mol. The van der Waals surface area contributed by atoms with Gasteiger partial charge < -0.3 is 4.74 Å². The van der Waals surface area contributed by atoms with Crippen molar-refractivity contribution in [1.82, 2.24) is 9.97 Å². The van der Waals surface area contributed by atoms with Gasteiger partial charge in [0.05, 0.1) is 4.92 Å². The molecule has 21 heavy (non-hydrogen) atoms. The van der Waals surface area contributed by atoms with E-state index in [1.165, 1.54) is 12.1 Å². The number of hydrogen-bond acceptors (Lipinski definition) is 5. The lowest BCUT2D eigenvalue weighted by molar-refractivity contribution is -0.387. The average Bonchev–Trinajstić information content (AvgIpc) is 3.21. The minimum Gasteiger partial charge on any atom is -0.439 e. The van der Waals surface area contributed by atoms with Crippen LogP contribution in [0, 0.1) is 15.9 Å². The number of nitrogens with zero attached hydrogens (tertiary/aromatic N) is 3. The Balaban J connectivity index is 1.86. The van der Waals surface area contributed by atoms with Gasteiger partial charge in [-0.2, -0.15) is 9.37 Å². The molecular formula is C13H9ClFN3O3. The van der Waals surface area contributed by atoms with Crippen LogP contribution in [0.25, 0.3) is 0 Å². The lowest BCUT2D eigenvalue weighted by Gasteiger charge is -2.07. The molecule has 8 heteroatoms. The van der Waals surface area contributed by atoms with Gasteiger partial charge in [-0.1, -0.05) is 11.6 Å². The standard InChI is InChI=1S/C13H9ClFN3O3/c14-11-6-12(17-13(16-11)7-1-2-7)21-8-3-4-10(18(19)20)9(15)5-8/h3-7H,1-2H2. The van der Waals surface area contributed by atoms with Crippen LogP contribution in [0.5, 0.6) is 11.6 Å². The van der Waals surface area contributed by atoms with Gasteiger partial charge in [0, 0.05) is 24.1 Å². The highest BCUT2D eigenvalue weighted by Crippen LogP contribution is 2.39. The fourth-order valence-corrected chi connectivity index (χ4v) is 1.99. The van der Waals surface area contributed by atoms with E-state index in [0.29, 0.717) is 11.7 Å². The van der Waals surface area contributed by atoms with Crippen molar-refractivity contribution in [3.63, 3.8) is 0 Å². The molecule has 0 bridgehead atoms. The minimum atomic E-state index is -0.972. The highest BCUT2D eigenvalue weighted by molar-refractivity contribution is 6.29. The van der Waals surface area contributed by atoms with E-state index in [2.05, 4.69) is 9.97 Å². The van der Waals surface area contributed by atoms with E-state index < -0.39 is 16.4 Å². The molecule has 0 amide bonds. The molecule has 1 aromatic carbocycles. The highest BCUT2D eigenvalue weighted by atomic mass is 35.5. The lowest BCUT2D eigenvalue weighted by atomic mass is 10.3. The van der Waals surface area contributed by atoms with E-state index in [-0.39, 0.29) is 16.8 Å². The summed E-state index contributed by atoms with van der Waals surface area (Å²) in [6.45, 7) is 0. The van der Waals surface area contributed by atoms with Crippen molar-refractivity contribution < 1.29 is 14.1 Å². The van der Waals surface area contributed by atoms with Crippen LogP contribution in [0.2, 0.25) is 5.15 Å². The first-order chi connectivity index (χ1) is 10.0. The summed E-state index contributed by atoms with van der Waals surface area (Å²) in [7, 11) is 0. The summed E-state index contributed by atoms with van der Waals surface area (Å²) in [5.74, 6) is 0.208. The Hall–Kier alpha value is -2.28. The van der Waals surface area contributed by atoms with Crippen LogP contribution >= 0.6 is 11.6 Å². The van der Waals surface area contributed by atoms with Gasteiger partial charge >= 0.3 is 5.69 Å². The zero-order valence-corrected chi connectivity index (χ0v) is 11.4. The molecule has 108 valence electrons. The summed E-state index contributed by atoms with van der Waals surface area (Å²) in [5.41, 5.74) is -0.610. The fourth-order valence-electron chi connectivity index (χ4n) is 1.81. The van der Waals surface area contributed by atoms with Crippen molar-refractivity contribution in [1.29, 1.82) is 0 Å². The number of nitro groups is 1. The molecule has 0 spiro atoms. The van der Waals surface area contributed by atoms with Gasteiger partial charge in [0.2, 0.25) is 11.7 Å². The Morgan fingerprint density at radius 2 is 2.10 bits per heavy atom. The van der Waals surface area contributed by atoms with E-state index in [1.54, 1.807) is 0 Å². The van der Waals surface area contributed by atoms with Crippen LogP contribution in [-0.2, 0) is 0 Å². The van der Waals surface area contributed by atoms with Crippen molar-refractivity contribution in [2.45, 2.75) is 18.8 Å². The molecule has 0 aliphatic heterocycles. The lowest BCUT2D eigenvalue weighted by Crippen LogP contribution is -1.97. The van der Waals surface area contributed by atoms with Crippen molar-refractivity contribution >= 4 is 17.3 Å². The minimum absolute atomic E-state index is 0.106. The molecule has 1 aromatic heterocycles. The summed E-state index contributed by atoms with van der Waals surface area (Å²) >= 11 is 5.89. The van der Waals surface area contributed by atoms with E-state index in [4.69, 9.17) is 16.3 Å². The first-order valence-electron chi connectivity index (χ1n) is 6.19. The maximum Gasteiger partial charge on any atom is 0.305 e. The van der Waals surface area contributed by atoms with Crippen LogP contribution in [0.15, 0.2) is 24.3 Å². The Morgan fingerprint density at radius 3 is 2.71 bits per heavy atom. The maximum atomic E-state index is 13.5. The molecule has 0 saturated heterocycles. The average molecular weight is 310 g/mol. The number of aromatic nitrogens is 2. The number of benzene rings is 1. The second-order valence-electron chi connectivity index (χ2n) is 4.63. The number of ether oxygens (including phenoxy) is 1. The molecule has 1 saturated carbocycles. The maximum absolute atomic E-state index is 13.5. The van der Waals surface area contributed by atoms with Crippen molar-refractivity contribution in [2.75, 3.05) is 0 Å². The van der Waals surface area contributed by atoms with Crippen LogP contribution in [0.1, 0.15) is 24.6 Å². The number of nitro benzene ring substituents is 1. The smallest absolute Gasteiger partial charge is 0.305 e. The van der Waals surface area contributed by atoms with E-state index in [9.17, 15) is 14.5 Å². The number of rotatable bonds is 4. The van der Waals surface area contributed by atoms with Crippen LogP contribution in [-0.4, -0.2) is 14.9 Å². The summed E-state index contributed by atoms with van der Waals surface area (Å²) in [6, 6.07) is 4.68. The van der Waals surface area contributed by atoms with E-state index in [0.717, 1.165) is 25.0 Å². The zero-order valence-electron chi connectivity index (χ0n) is 10.6. The molecule has 1 aliphatic rings. The molecule has 6 nitrogen and oxygen atoms in total. The van der Waals surface area contributed by atoms with E-state index >= 15 is 0 Å². The molecular weight excluding hydrogens is 301 g/mol. The van der Waals surface area contributed by atoms with Gasteiger partial charge in [0.15, 0.2) is 0 Å². The Kier molecular flexibility index (Phi) is 3.42. The van der Waals surface area contributed by atoms with Crippen molar-refractivity contribution in [2.24, 2.45) is 0 Å². The number of hydrogen-bond donors (Lipinski definition) is 0. The second-order valence-corrected chi connectivity index (χ2v) is 5.02. The molecule has 1 fully saturated rings. The third-order valence-electron chi connectivity index (χ3n) is 2.97. The first kappa shape index (κ1) is 13.7.